The topological polar surface area (TPSA) is 35.5 Å². The molecule has 4 heteroatoms. The van der Waals surface area contributed by atoms with Crippen molar-refractivity contribution in [2.24, 2.45) is 0 Å². The molecule has 0 aliphatic carbocycles. The number of nitrogens with zero attached hydrogens (tertiary/aromatic N) is 1. The molecule has 0 amide bonds. The molecule has 2 N–H and O–H groups in total. The number of halogens is 1. The Labute approximate surface area is 125 Å². The van der Waals surface area contributed by atoms with Crippen molar-refractivity contribution in [2.45, 2.75) is 32.4 Å². The summed E-state index contributed by atoms with van der Waals surface area (Å²) in [4.78, 5) is 2.20. The molecule has 3 nitrogen and oxygen atoms in total. The van der Waals surface area contributed by atoms with Crippen molar-refractivity contribution >= 4 is 15.9 Å². The van der Waals surface area contributed by atoms with Gasteiger partial charge in [0.25, 0.3) is 0 Å². The van der Waals surface area contributed by atoms with E-state index in [1.807, 2.05) is 13.0 Å². The highest BCUT2D eigenvalue weighted by Crippen LogP contribution is 2.25. The van der Waals surface area contributed by atoms with Crippen molar-refractivity contribution in [3.63, 3.8) is 0 Å². The van der Waals surface area contributed by atoms with Gasteiger partial charge in [0.1, 0.15) is 0 Å². The number of hydrogen-bond acceptors (Lipinski definition) is 3. The second kappa shape index (κ2) is 8.69. The van der Waals surface area contributed by atoms with Crippen molar-refractivity contribution in [2.75, 3.05) is 26.7 Å². The highest BCUT2D eigenvalue weighted by atomic mass is 79.9. The number of hydrogen-bond donors (Lipinski definition) is 2. The normalized spacial score (nSPS) is 14.6. The van der Waals surface area contributed by atoms with Gasteiger partial charge in [0.2, 0.25) is 0 Å². The molecule has 0 spiro atoms. The maximum atomic E-state index is 9.17. The first-order chi connectivity index (χ1) is 9.10. The van der Waals surface area contributed by atoms with Crippen LogP contribution in [0.25, 0.3) is 0 Å². The molecule has 0 fully saturated rings. The van der Waals surface area contributed by atoms with Crippen LogP contribution in [0.4, 0.5) is 0 Å². The number of aliphatic hydroxyl groups excluding tert-OH is 1. The number of aliphatic hydroxyl groups is 1. The predicted molar refractivity (Wildman–Crippen MR) is 84.4 cm³/mol. The first-order valence-electron chi connectivity index (χ1n) is 6.89. The Kier molecular flexibility index (Phi) is 7.61. The van der Waals surface area contributed by atoms with E-state index in [1.165, 1.54) is 5.56 Å². The lowest BCUT2D eigenvalue weighted by molar-refractivity contribution is 0.154. The highest BCUT2D eigenvalue weighted by Gasteiger charge is 2.15. The van der Waals surface area contributed by atoms with E-state index in [1.54, 1.807) is 0 Å². The van der Waals surface area contributed by atoms with Crippen LogP contribution in [0.1, 0.15) is 31.9 Å². The second-order valence-electron chi connectivity index (χ2n) is 4.93. The third kappa shape index (κ3) is 5.22. The molecule has 0 aliphatic rings. The minimum absolute atomic E-state index is 0.206. The van der Waals surface area contributed by atoms with E-state index in [0.29, 0.717) is 6.04 Å². The molecule has 1 rings (SSSR count). The molecule has 0 bridgehead atoms. The zero-order valence-electron chi connectivity index (χ0n) is 12.1. The number of likely N-dealkylation sites (N-methyl/N-ethyl adjacent to an activating group) is 1. The summed E-state index contributed by atoms with van der Waals surface area (Å²) in [5.41, 5.74) is 1.30. The molecule has 0 saturated heterocycles. The number of nitrogens with one attached hydrogen (secondary N) is 1. The summed E-state index contributed by atoms with van der Waals surface area (Å²) < 4.78 is 1.15. The first kappa shape index (κ1) is 16.6. The molecule has 0 aliphatic heterocycles. The minimum Gasteiger partial charge on any atom is -0.395 e. The van der Waals surface area contributed by atoms with E-state index in [9.17, 15) is 5.11 Å². The van der Waals surface area contributed by atoms with Crippen LogP contribution in [-0.2, 0) is 0 Å². The molecule has 108 valence electrons. The van der Waals surface area contributed by atoms with Crippen LogP contribution in [0.3, 0.4) is 0 Å². The number of rotatable bonds is 8. The summed E-state index contributed by atoms with van der Waals surface area (Å²) in [5, 5.41) is 12.7. The maximum Gasteiger partial charge on any atom is 0.0584 e. The monoisotopic (exact) mass is 328 g/mol. The quantitative estimate of drug-likeness (QED) is 0.770. The van der Waals surface area contributed by atoms with Gasteiger partial charge in [-0.25, -0.2) is 0 Å². The van der Waals surface area contributed by atoms with Gasteiger partial charge in [-0.05, 0) is 38.6 Å². The van der Waals surface area contributed by atoms with Gasteiger partial charge >= 0.3 is 0 Å². The van der Waals surface area contributed by atoms with Crippen molar-refractivity contribution in [3.8, 4) is 0 Å². The van der Waals surface area contributed by atoms with Gasteiger partial charge < -0.3 is 15.3 Å². The Bertz CT molecular complexity index is 373. The van der Waals surface area contributed by atoms with Crippen LogP contribution in [0.5, 0.6) is 0 Å². The molecule has 0 saturated carbocycles. The lowest BCUT2D eigenvalue weighted by Gasteiger charge is -2.26. The van der Waals surface area contributed by atoms with Gasteiger partial charge in [0.15, 0.2) is 0 Å². The minimum atomic E-state index is 0.206. The zero-order valence-corrected chi connectivity index (χ0v) is 13.7. The molecule has 0 heterocycles. The molecule has 1 aromatic carbocycles. The number of benzene rings is 1. The van der Waals surface area contributed by atoms with Gasteiger partial charge in [0, 0.05) is 23.1 Å². The average Bonchev–Trinajstić information content (AvgIpc) is 2.43. The molecule has 0 aromatic heterocycles. The smallest absolute Gasteiger partial charge is 0.0584 e. The summed E-state index contributed by atoms with van der Waals surface area (Å²) in [5.74, 6) is 0. The van der Waals surface area contributed by atoms with Crippen LogP contribution in [0.2, 0.25) is 0 Å². The van der Waals surface area contributed by atoms with E-state index >= 15 is 0 Å². The third-order valence-electron chi connectivity index (χ3n) is 3.52. The van der Waals surface area contributed by atoms with E-state index < -0.39 is 0 Å². The fourth-order valence-electron chi connectivity index (χ4n) is 2.06. The first-order valence-corrected chi connectivity index (χ1v) is 7.68. The Hall–Kier alpha value is -0.420. The van der Waals surface area contributed by atoms with Gasteiger partial charge in [-0.2, -0.15) is 0 Å². The molecule has 19 heavy (non-hydrogen) atoms. The van der Waals surface area contributed by atoms with Crippen LogP contribution >= 0.6 is 15.9 Å². The molecule has 2 atom stereocenters. The van der Waals surface area contributed by atoms with Crippen molar-refractivity contribution < 1.29 is 5.11 Å². The van der Waals surface area contributed by atoms with Crippen molar-refractivity contribution in [3.05, 3.63) is 34.3 Å². The van der Waals surface area contributed by atoms with E-state index in [0.717, 1.165) is 24.0 Å². The van der Waals surface area contributed by atoms with Crippen molar-refractivity contribution in [1.29, 1.82) is 0 Å². The Balaban J connectivity index is 2.66. The van der Waals surface area contributed by atoms with E-state index in [4.69, 9.17) is 0 Å². The zero-order chi connectivity index (χ0) is 14.3. The standard InChI is InChI=1S/C15H25BrN2O/c1-4-17-15(9-10-18(3)12(2)11-19)13-7-5-6-8-14(13)16/h5-8,12,15,17,19H,4,9-11H2,1-3H3. The second-order valence-corrected chi connectivity index (χ2v) is 5.79. The fraction of sp³-hybridized carbons (Fsp3) is 0.600. The third-order valence-corrected chi connectivity index (χ3v) is 4.24. The van der Waals surface area contributed by atoms with Gasteiger partial charge in [-0.15, -0.1) is 0 Å². The average molecular weight is 329 g/mol. The van der Waals surface area contributed by atoms with E-state index in [-0.39, 0.29) is 12.6 Å². The summed E-state index contributed by atoms with van der Waals surface area (Å²) in [6.07, 6.45) is 1.03. The molecular weight excluding hydrogens is 304 g/mol. The van der Waals surface area contributed by atoms with Crippen LogP contribution in [0, 0.1) is 0 Å². The summed E-state index contributed by atoms with van der Waals surface area (Å²) >= 11 is 3.62. The van der Waals surface area contributed by atoms with Crippen molar-refractivity contribution in [1.82, 2.24) is 10.2 Å². The predicted octanol–water partition coefficient (Wildman–Crippen LogP) is 2.80. The SMILES string of the molecule is CCNC(CCN(C)C(C)CO)c1ccccc1Br. The van der Waals surface area contributed by atoms with Crippen LogP contribution in [-0.4, -0.2) is 42.8 Å². The Morgan fingerprint density at radius 2 is 2.05 bits per heavy atom. The van der Waals surface area contributed by atoms with Crippen LogP contribution < -0.4 is 5.32 Å². The van der Waals surface area contributed by atoms with Gasteiger partial charge in [-0.1, -0.05) is 41.1 Å². The lowest BCUT2D eigenvalue weighted by Crippen LogP contribution is -2.35. The molecule has 1 aromatic rings. The lowest BCUT2D eigenvalue weighted by atomic mass is 10.0. The Morgan fingerprint density at radius 1 is 1.37 bits per heavy atom. The highest BCUT2D eigenvalue weighted by molar-refractivity contribution is 9.10. The fourth-order valence-corrected chi connectivity index (χ4v) is 2.63. The summed E-state index contributed by atoms with van der Waals surface area (Å²) in [6, 6.07) is 8.91. The Morgan fingerprint density at radius 3 is 2.63 bits per heavy atom. The summed E-state index contributed by atoms with van der Waals surface area (Å²) in [7, 11) is 2.06. The van der Waals surface area contributed by atoms with E-state index in [2.05, 4.69) is 58.3 Å². The maximum absolute atomic E-state index is 9.17. The molecule has 0 radical (unpaired) electrons. The largest absolute Gasteiger partial charge is 0.395 e. The summed E-state index contributed by atoms with van der Waals surface area (Å²) in [6.45, 7) is 6.29. The van der Waals surface area contributed by atoms with Gasteiger partial charge in [0.05, 0.1) is 6.61 Å². The molecule has 2 unspecified atom stereocenters. The van der Waals surface area contributed by atoms with Gasteiger partial charge in [-0.3, -0.25) is 0 Å². The molecular formula is C15H25BrN2O. The van der Waals surface area contributed by atoms with Crippen LogP contribution in [0.15, 0.2) is 28.7 Å².